The summed E-state index contributed by atoms with van der Waals surface area (Å²) in [5.41, 5.74) is 7.60. The number of rotatable bonds is 18. The Bertz CT molecular complexity index is 1770. The van der Waals surface area contributed by atoms with Gasteiger partial charge in [0.15, 0.2) is 6.79 Å². The molecule has 0 aromatic heterocycles. The zero-order chi connectivity index (χ0) is 39.2. The second-order valence-corrected chi connectivity index (χ2v) is 13.1. The first kappa shape index (κ1) is 41.1. The summed E-state index contributed by atoms with van der Waals surface area (Å²) >= 11 is 0. The Balaban J connectivity index is 1.47. The second kappa shape index (κ2) is 20.0. The Morgan fingerprint density at radius 3 is 2.17 bits per heavy atom. The lowest BCUT2D eigenvalue weighted by atomic mass is 9.90. The molecule has 0 spiro atoms. The summed E-state index contributed by atoms with van der Waals surface area (Å²) in [6, 6.07) is 14.6. The number of ether oxygens (including phenoxy) is 6. The third-order valence-electron chi connectivity index (χ3n) is 9.10. The van der Waals surface area contributed by atoms with Crippen molar-refractivity contribution in [1.82, 2.24) is 10.6 Å². The van der Waals surface area contributed by atoms with E-state index in [-0.39, 0.29) is 41.4 Å². The highest BCUT2D eigenvalue weighted by molar-refractivity contribution is 5.96. The number of nitrogens with one attached hydrogen (secondary N) is 2. The van der Waals surface area contributed by atoms with E-state index in [0.29, 0.717) is 29.4 Å². The highest BCUT2D eigenvalue weighted by Gasteiger charge is 2.29. The van der Waals surface area contributed by atoms with Crippen molar-refractivity contribution in [3.05, 3.63) is 88.5 Å². The Labute approximate surface area is 314 Å². The summed E-state index contributed by atoms with van der Waals surface area (Å²) < 4.78 is 32.6. The maximum Gasteiger partial charge on any atom is 0.351 e. The third kappa shape index (κ3) is 11.4. The average molecular weight is 748 g/mol. The minimum Gasteiger partial charge on any atom is -0.492 e. The molecule has 0 heterocycles. The van der Waals surface area contributed by atoms with E-state index in [1.54, 1.807) is 49.4 Å². The maximum absolute atomic E-state index is 13.5. The van der Waals surface area contributed by atoms with Crippen LogP contribution in [0.2, 0.25) is 0 Å². The number of nitrogens with two attached hydrogens (primary N) is 1. The lowest BCUT2D eigenvalue weighted by Gasteiger charge is -2.23. The van der Waals surface area contributed by atoms with Crippen molar-refractivity contribution < 1.29 is 52.4 Å². The number of primary amides is 1. The van der Waals surface area contributed by atoms with Crippen molar-refractivity contribution in [3.63, 3.8) is 0 Å². The van der Waals surface area contributed by atoms with E-state index in [4.69, 9.17) is 34.2 Å². The summed E-state index contributed by atoms with van der Waals surface area (Å²) in [6.07, 6.45) is 4.54. The second-order valence-electron chi connectivity index (χ2n) is 13.1. The molecule has 290 valence electrons. The fraction of sp³-hybridized carbons (Fsp3) is 0.425. The number of benzene rings is 3. The molecule has 3 aromatic rings. The highest BCUT2D eigenvalue weighted by atomic mass is 16.7. The summed E-state index contributed by atoms with van der Waals surface area (Å²) in [7, 11) is 3.88. The van der Waals surface area contributed by atoms with Gasteiger partial charge in [-0.2, -0.15) is 0 Å². The van der Waals surface area contributed by atoms with Crippen LogP contribution < -0.4 is 30.6 Å². The molecule has 0 saturated heterocycles. The van der Waals surface area contributed by atoms with Crippen LogP contribution in [0.1, 0.15) is 95.5 Å². The smallest absolute Gasteiger partial charge is 0.351 e. The van der Waals surface area contributed by atoms with Gasteiger partial charge in [-0.25, -0.2) is 9.59 Å². The van der Waals surface area contributed by atoms with E-state index >= 15 is 0 Å². The van der Waals surface area contributed by atoms with Gasteiger partial charge in [0.05, 0.1) is 38.0 Å². The molecule has 1 aliphatic carbocycles. The third-order valence-corrected chi connectivity index (χ3v) is 9.10. The van der Waals surface area contributed by atoms with E-state index in [1.807, 2.05) is 0 Å². The molecule has 0 bridgehead atoms. The predicted molar refractivity (Wildman–Crippen MR) is 197 cm³/mol. The number of hydrogen-bond acceptors (Lipinski definition) is 11. The summed E-state index contributed by atoms with van der Waals surface area (Å²) in [4.78, 5) is 63.3. The molecule has 3 unspecified atom stereocenters. The van der Waals surface area contributed by atoms with Gasteiger partial charge in [-0.3, -0.25) is 14.4 Å². The van der Waals surface area contributed by atoms with Crippen molar-refractivity contribution in [2.45, 2.75) is 70.6 Å². The molecule has 1 saturated carbocycles. The van der Waals surface area contributed by atoms with Gasteiger partial charge < -0.3 is 44.8 Å². The van der Waals surface area contributed by atoms with E-state index in [0.717, 1.165) is 12.8 Å². The van der Waals surface area contributed by atoms with Crippen molar-refractivity contribution in [2.75, 3.05) is 34.7 Å². The molecule has 1 aliphatic rings. The average Bonchev–Trinajstić information content (AvgIpc) is 3.18. The standard InChI is InChI=1S/C40H49N3O11/c1-24(28-13-17-35(32(20-28)37(41)45)52-22-27-9-7-6-8-10-27)42-38(46)33(43-25(2)44)19-26-11-15-30(16-12-26)54-36(40(48)51-5)31-21-29(39(47)50-4)14-18-34(31)53-23-49-3/h11-18,20-21,24,27,33,36H,6-10,19,22-23H2,1-5H3,(H2,41,45)(H,42,46)(H,43,44). The van der Waals surface area contributed by atoms with Crippen LogP contribution in [0.3, 0.4) is 0 Å². The van der Waals surface area contributed by atoms with Crippen molar-refractivity contribution in [1.29, 1.82) is 0 Å². The Morgan fingerprint density at radius 2 is 1.54 bits per heavy atom. The molecular formula is C40H49N3O11. The lowest BCUT2D eigenvalue weighted by Crippen LogP contribution is -2.48. The maximum atomic E-state index is 13.5. The molecule has 4 N–H and O–H groups in total. The van der Waals surface area contributed by atoms with E-state index < -0.39 is 47.8 Å². The van der Waals surface area contributed by atoms with Crippen LogP contribution >= 0.6 is 0 Å². The number of esters is 2. The van der Waals surface area contributed by atoms with Crippen LogP contribution in [0.4, 0.5) is 0 Å². The molecule has 54 heavy (non-hydrogen) atoms. The predicted octanol–water partition coefficient (Wildman–Crippen LogP) is 4.73. The van der Waals surface area contributed by atoms with Gasteiger partial charge in [-0.15, -0.1) is 0 Å². The molecule has 3 amide bonds. The molecule has 0 aliphatic heterocycles. The van der Waals surface area contributed by atoms with Gasteiger partial charge in [-0.05, 0) is 79.3 Å². The zero-order valence-electron chi connectivity index (χ0n) is 31.3. The monoisotopic (exact) mass is 747 g/mol. The largest absolute Gasteiger partial charge is 0.492 e. The quantitative estimate of drug-likeness (QED) is 0.120. The SMILES string of the molecule is COCOc1ccc(C(=O)OC)cc1C(Oc1ccc(CC(NC(C)=O)C(=O)NC(C)c2ccc(OCC3CCCCC3)c(C(N)=O)c2)cc1)C(=O)OC. The molecular weight excluding hydrogens is 698 g/mol. The summed E-state index contributed by atoms with van der Waals surface area (Å²) in [5, 5.41) is 5.63. The summed E-state index contributed by atoms with van der Waals surface area (Å²) in [6.45, 7) is 3.46. The lowest BCUT2D eigenvalue weighted by molar-refractivity contribution is -0.149. The normalized spacial score (nSPS) is 14.5. The Hall–Kier alpha value is -5.63. The van der Waals surface area contributed by atoms with Crippen LogP contribution in [0, 0.1) is 5.92 Å². The van der Waals surface area contributed by atoms with Gasteiger partial charge in [0.1, 0.15) is 23.3 Å². The van der Waals surface area contributed by atoms with Crippen LogP contribution in [-0.2, 0) is 35.0 Å². The minimum absolute atomic E-state index is 0.121. The number of amides is 3. The van der Waals surface area contributed by atoms with Gasteiger partial charge in [-0.1, -0.05) is 37.5 Å². The van der Waals surface area contributed by atoms with Gasteiger partial charge >= 0.3 is 11.9 Å². The fourth-order valence-electron chi connectivity index (χ4n) is 6.22. The number of carbonyl (C=O) groups is 5. The Kier molecular flexibility index (Phi) is 15.2. The van der Waals surface area contributed by atoms with Crippen molar-refractivity contribution in [2.24, 2.45) is 11.7 Å². The molecule has 3 aromatic carbocycles. The Morgan fingerprint density at radius 1 is 0.833 bits per heavy atom. The topological polar surface area (TPSA) is 191 Å². The van der Waals surface area contributed by atoms with Crippen LogP contribution in [0.5, 0.6) is 17.2 Å². The van der Waals surface area contributed by atoms with Crippen LogP contribution in [-0.4, -0.2) is 70.4 Å². The van der Waals surface area contributed by atoms with Gasteiger partial charge in [0.25, 0.3) is 5.91 Å². The molecule has 4 rings (SSSR count). The molecule has 1 fully saturated rings. The van der Waals surface area contributed by atoms with Gasteiger partial charge in [0, 0.05) is 26.0 Å². The molecule has 3 atom stereocenters. The molecule has 14 nitrogen and oxygen atoms in total. The van der Waals surface area contributed by atoms with Crippen LogP contribution in [0.25, 0.3) is 0 Å². The first-order valence-electron chi connectivity index (χ1n) is 17.7. The summed E-state index contributed by atoms with van der Waals surface area (Å²) in [5.74, 6) is -1.54. The van der Waals surface area contributed by atoms with Crippen molar-refractivity contribution in [3.8, 4) is 17.2 Å². The number of hydrogen-bond donors (Lipinski definition) is 3. The highest BCUT2D eigenvalue weighted by Crippen LogP contribution is 2.33. The van der Waals surface area contributed by atoms with Crippen molar-refractivity contribution >= 4 is 29.7 Å². The van der Waals surface area contributed by atoms with E-state index in [9.17, 15) is 24.0 Å². The first-order chi connectivity index (χ1) is 25.9. The first-order valence-corrected chi connectivity index (χ1v) is 17.7. The number of carbonyl (C=O) groups excluding carboxylic acids is 5. The van der Waals surface area contributed by atoms with Gasteiger partial charge in [0.2, 0.25) is 17.9 Å². The van der Waals surface area contributed by atoms with E-state index in [2.05, 4.69) is 10.6 Å². The fourth-order valence-corrected chi connectivity index (χ4v) is 6.22. The zero-order valence-corrected chi connectivity index (χ0v) is 31.3. The number of methoxy groups -OCH3 is 3. The minimum atomic E-state index is -1.34. The molecule has 0 radical (unpaired) electrons. The van der Waals surface area contributed by atoms with Crippen LogP contribution in [0.15, 0.2) is 60.7 Å². The molecule has 14 heteroatoms. The van der Waals surface area contributed by atoms with E-state index in [1.165, 1.54) is 65.7 Å².